The molecule has 0 aliphatic carbocycles. The molecule has 1 fully saturated rings. The molecule has 1 aliphatic rings. The quantitative estimate of drug-likeness (QED) is 0.766. The van der Waals surface area contributed by atoms with E-state index in [1.807, 2.05) is 55.2 Å². The largest absolute Gasteiger partial charge is 0.328 e. The minimum absolute atomic E-state index is 0.111. The number of carbonyl (C=O) groups excluding carboxylic acids is 1. The van der Waals surface area contributed by atoms with Gasteiger partial charge in [0, 0.05) is 25.7 Å². The second-order valence-corrected chi connectivity index (χ2v) is 6.48. The molecule has 1 N–H and O–H groups in total. The van der Waals surface area contributed by atoms with Crippen molar-refractivity contribution < 1.29 is 4.79 Å². The molecule has 9 nitrogen and oxygen atoms in total. The summed E-state index contributed by atoms with van der Waals surface area (Å²) in [5.41, 5.74) is 1.87. The molecule has 9 heteroatoms. The van der Waals surface area contributed by atoms with E-state index in [0.717, 1.165) is 17.1 Å². The third-order valence-electron chi connectivity index (χ3n) is 4.58. The van der Waals surface area contributed by atoms with Crippen molar-refractivity contribution in [1.82, 2.24) is 40.0 Å². The van der Waals surface area contributed by atoms with Gasteiger partial charge < -0.3 is 14.8 Å². The van der Waals surface area contributed by atoms with Crippen molar-refractivity contribution in [1.29, 1.82) is 0 Å². The molecule has 1 atom stereocenters. The number of aromatic nitrogens is 6. The smallest absolute Gasteiger partial charge is 0.318 e. The van der Waals surface area contributed by atoms with Crippen LogP contribution in [-0.2, 0) is 7.05 Å². The fraction of sp³-hybridized carbons (Fsp3) is 0.353. The van der Waals surface area contributed by atoms with Gasteiger partial charge in [-0.1, -0.05) is 35.5 Å². The van der Waals surface area contributed by atoms with E-state index in [1.54, 1.807) is 15.8 Å². The van der Waals surface area contributed by atoms with E-state index in [0.29, 0.717) is 13.1 Å². The molecule has 2 amide bonds. The van der Waals surface area contributed by atoms with Crippen LogP contribution in [0.2, 0.25) is 0 Å². The van der Waals surface area contributed by atoms with Gasteiger partial charge in [0.15, 0.2) is 5.82 Å². The molecule has 3 heterocycles. The van der Waals surface area contributed by atoms with Crippen molar-refractivity contribution in [3.63, 3.8) is 0 Å². The van der Waals surface area contributed by atoms with Crippen LogP contribution in [0.15, 0.2) is 42.9 Å². The molecule has 4 rings (SSSR count). The number of hydrogen-bond acceptors (Lipinski definition) is 5. The minimum atomic E-state index is -0.204. The molecule has 0 saturated carbocycles. The Labute approximate surface area is 150 Å². The van der Waals surface area contributed by atoms with Crippen molar-refractivity contribution in [3.05, 3.63) is 48.7 Å². The summed E-state index contributed by atoms with van der Waals surface area (Å²) in [5.74, 6) is 0.721. The van der Waals surface area contributed by atoms with Crippen molar-refractivity contribution in [2.45, 2.75) is 19.0 Å². The van der Waals surface area contributed by atoms with E-state index >= 15 is 0 Å². The first kappa shape index (κ1) is 16.2. The lowest BCUT2D eigenvalue weighted by atomic mass is 10.1. The van der Waals surface area contributed by atoms with Crippen LogP contribution in [0.4, 0.5) is 4.79 Å². The molecule has 2 aromatic heterocycles. The predicted molar refractivity (Wildman–Crippen MR) is 94.0 cm³/mol. The lowest BCUT2D eigenvalue weighted by molar-refractivity contribution is 0.115. The van der Waals surface area contributed by atoms with E-state index in [4.69, 9.17) is 0 Å². The van der Waals surface area contributed by atoms with Gasteiger partial charge in [-0.25, -0.2) is 9.48 Å². The van der Waals surface area contributed by atoms with Crippen LogP contribution in [0.1, 0.15) is 24.8 Å². The molecule has 1 unspecified atom stereocenters. The number of nitrogens with zero attached hydrogens (tertiary/aromatic N) is 7. The highest BCUT2D eigenvalue weighted by Gasteiger charge is 2.33. The first-order chi connectivity index (χ1) is 12.6. The fourth-order valence-electron chi connectivity index (χ4n) is 3.01. The van der Waals surface area contributed by atoms with Crippen LogP contribution in [-0.4, -0.2) is 53.8 Å². The first-order valence-corrected chi connectivity index (χ1v) is 8.48. The summed E-state index contributed by atoms with van der Waals surface area (Å²) in [7, 11) is 1.85. The van der Waals surface area contributed by atoms with Gasteiger partial charge in [-0.3, -0.25) is 0 Å². The summed E-state index contributed by atoms with van der Waals surface area (Å²) in [6, 6.07) is 9.76. The normalized spacial score (nSPS) is 15.5. The zero-order chi connectivity index (χ0) is 18.1. The molecule has 1 saturated heterocycles. The van der Waals surface area contributed by atoms with E-state index in [9.17, 15) is 4.79 Å². The number of likely N-dealkylation sites (tertiary alicyclic amines) is 1. The monoisotopic (exact) mass is 352 g/mol. The Kier molecular flexibility index (Phi) is 4.11. The number of amides is 2. The molecule has 26 heavy (non-hydrogen) atoms. The molecule has 0 radical (unpaired) electrons. The summed E-state index contributed by atoms with van der Waals surface area (Å²) in [6.45, 7) is 3.10. The van der Waals surface area contributed by atoms with Crippen LogP contribution < -0.4 is 5.32 Å². The Balaban J connectivity index is 1.33. The maximum absolute atomic E-state index is 12.4. The standard InChI is InChI=1S/C17H20N8O/c1-12(16-21-18-11-23(16)2)19-17(26)24-8-14(9-24)25-10-15(20-22-25)13-6-4-3-5-7-13/h3-7,10-12,14H,8-9H2,1-2H3,(H,19,26). The molecule has 1 aliphatic heterocycles. The van der Waals surface area contributed by atoms with Crippen LogP contribution in [0.25, 0.3) is 11.3 Å². The number of hydrogen-bond donors (Lipinski definition) is 1. The third-order valence-corrected chi connectivity index (χ3v) is 4.58. The van der Waals surface area contributed by atoms with Crippen molar-refractivity contribution >= 4 is 6.03 Å². The van der Waals surface area contributed by atoms with Gasteiger partial charge in [0.05, 0.1) is 18.3 Å². The van der Waals surface area contributed by atoms with E-state index < -0.39 is 0 Å². The Bertz CT molecular complexity index is 896. The highest BCUT2D eigenvalue weighted by Crippen LogP contribution is 2.23. The first-order valence-electron chi connectivity index (χ1n) is 8.48. The minimum Gasteiger partial charge on any atom is -0.328 e. The van der Waals surface area contributed by atoms with Gasteiger partial charge in [0.25, 0.3) is 0 Å². The van der Waals surface area contributed by atoms with Crippen molar-refractivity contribution in [2.75, 3.05) is 13.1 Å². The van der Waals surface area contributed by atoms with E-state index in [-0.39, 0.29) is 18.1 Å². The number of carbonyl (C=O) groups is 1. The number of nitrogens with one attached hydrogen (secondary N) is 1. The molecule has 3 aromatic rings. The van der Waals surface area contributed by atoms with Gasteiger partial charge in [-0.15, -0.1) is 15.3 Å². The molecule has 1 aromatic carbocycles. The average molecular weight is 352 g/mol. The average Bonchev–Trinajstić information content (AvgIpc) is 3.23. The lowest BCUT2D eigenvalue weighted by Crippen LogP contribution is -2.54. The number of urea groups is 1. The summed E-state index contributed by atoms with van der Waals surface area (Å²) >= 11 is 0. The van der Waals surface area contributed by atoms with Gasteiger partial charge in [-0.05, 0) is 6.92 Å². The second kappa shape index (κ2) is 6.58. The van der Waals surface area contributed by atoms with Crippen LogP contribution in [0.5, 0.6) is 0 Å². The Morgan fingerprint density at radius 1 is 1.23 bits per heavy atom. The maximum atomic E-state index is 12.4. The van der Waals surface area contributed by atoms with Gasteiger partial charge in [0.1, 0.15) is 12.0 Å². The van der Waals surface area contributed by atoms with E-state index in [2.05, 4.69) is 25.8 Å². The van der Waals surface area contributed by atoms with Crippen LogP contribution in [0.3, 0.4) is 0 Å². The zero-order valence-electron chi connectivity index (χ0n) is 14.6. The third kappa shape index (κ3) is 3.03. The molecular weight excluding hydrogens is 332 g/mol. The van der Waals surface area contributed by atoms with E-state index in [1.165, 1.54) is 0 Å². The predicted octanol–water partition coefficient (Wildman–Crippen LogP) is 1.40. The summed E-state index contributed by atoms with van der Waals surface area (Å²) in [6.07, 6.45) is 3.55. The van der Waals surface area contributed by atoms with Gasteiger partial charge >= 0.3 is 6.03 Å². The van der Waals surface area contributed by atoms with Crippen LogP contribution >= 0.6 is 0 Å². The molecule has 0 spiro atoms. The van der Waals surface area contributed by atoms with Gasteiger partial charge in [0.2, 0.25) is 0 Å². The van der Waals surface area contributed by atoms with Crippen molar-refractivity contribution in [3.8, 4) is 11.3 Å². The SMILES string of the molecule is CC(NC(=O)N1CC(n2cc(-c3ccccc3)nn2)C1)c1nncn1C. The topological polar surface area (TPSA) is 93.8 Å². The molecular formula is C17H20N8O. The Morgan fingerprint density at radius 2 is 2.00 bits per heavy atom. The Morgan fingerprint density at radius 3 is 2.69 bits per heavy atom. The highest BCUT2D eigenvalue weighted by molar-refractivity contribution is 5.75. The van der Waals surface area contributed by atoms with Crippen LogP contribution in [0, 0.1) is 0 Å². The summed E-state index contributed by atoms with van der Waals surface area (Å²) in [5, 5.41) is 19.2. The van der Waals surface area contributed by atoms with Crippen molar-refractivity contribution in [2.24, 2.45) is 7.05 Å². The Hall–Kier alpha value is -3.23. The summed E-state index contributed by atoms with van der Waals surface area (Å²) in [4.78, 5) is 14.1. The molecule has 134 valence electrons. The lowest BCUT2D eigenvalue weighted by Gasteiger charge is -2.39. The van der Waals surface area contributed by atoms with Gasteiger partial charge in [-0.2, -0.15) is 0 Å². The zero-order valence-corrected chi connectivity index (χ0v) is 14.6. The number of benzene rings is 1. The highest BCUT2D eigenvalue weighted by atomic mass is 16.2. The number of aryl methyl sites for hydroxylation is 1. The summed E-state index contributed by atoms with van der Waals surface area (Å²) < 4.78 is 3.63. The second-order valence-electron chi connectivity index (χ2n) is 6.48. The fourth-order valence-corrected chi connectivity index (χ4v) is 3.01. The number of rotatable bonds is 4. The maximum Gasteiger partial charge on any atom is 0.318 e. The molecule has 0 bridgehead atoms.